The van der Waals surface area contributed by atoms with Crippen molar-refractivity contribution in [3.8, 4) is 22.9 Å². The lowest BCUT2D eigenvalue weighted by molar-refractivity contribution is 0.356. The number of methoxy groups -OCH3 is 2. The molecule has 7 nitrogen and oxygen atoms in total. The van der Waals surface area contributed by atoms with Crippen LogP contribution < -0.4 is 9.47 Å². The van der Waals surface area contributed by atoms with Crippen molar-refractivity contribution >= 4 is 46.8 Å². The van der Waals surface area contributed by atoms with Gasteiger partial charge in [0, 0.05) is 0 Å². The maximum absolute atomic E-state index is 10.5. The van der Waals surface area contributed by atoms with Crippen molar-refractivity contribution in [2.24, 2.45) is 4.99 Å². The Morgan fingerprint density at radius 2 is 1.87 bits per heavy atom. The molecule has 0 fully saturated rings. The number of rotatable bonds is 4. The van der Waals surface area contributed by atoms with Crippen molar-refractivity contribution in [2.75, 3.05) is 14.2 Å². The number of ether oxygens (including phenoxy) is 2. The molecule has 23 heavy (non-hydrogen) atoms. The summed E-state index contributed by atoms with van der Waals surface area (Å²) >= 11 is 17.4. The number of nitrogens with zero attached hydrogens (tertiary/aromatic N) is 4. The van der Waals surface area contributed by atoms with E-state index in [0.717, 1.165) is 0 Å². The van der Waals surface area contributed by atoms with E-state index in [1.807, 2.05) is 0 Å². The molecule has 0 saturated heterocycles. The van der Waals surface area contributed by atoms with Crippen molar-refractivity contribution in [1.29, 1.82) is 0 Å². The minimum Gasteiger partial charge on any atom is -0.493 e. The Hall–Kier alpha value is -1.92. The molecule has 1 heterocycles. The molecule has 0 aliphatic rings. The van der Waals surface area contributed by atoms with Gasteiger partial charge < -0.3 is 9.47 Å². The zero-order valence-electron chi connectivity index (χ0n) is 11.9. The first-order valence-corrected chi connectivity index (χ1v) is 7.16. The molecule has 120 valence electrons. The second-order valence-electron chi connectivity index (χ2n) is 4.02. The fourth-order valence-corrected chi connectivity index (χ4v) is 2.02. The SMILES string of the molecule is COc1cccc(-c2nc(N=C=O)nc(C(Cl)(Cl)Cl)n2)c1OC. The summed E-state index contributed by atoms with van der Waals surface area (Å²) in [6.07, 6.45) is 1.33. The predicted octanol–water partition coefficient (Wildman–Crippen LogP) is 3.35. The highest BCUT2D eigenvalue weighted by atomic mass is 35.6. The minimum absolute atomic E-state index is 0.103. The fourth-order valence-electron chi connectivity index (χ4n) is 1.77. The van der Waals surface area contributed by atoms with Gasteiger partial charge in [0.25, 0.3) is 5.95 Å². The molecule has 0 aliphatic heterocycles. The molecule has 2 rings (SSSR count). The van der Waals surface area contributed by atoms with Crippen LogP contribution in [0.25, 0.3) is 11.4 Å². The third-order valence-corrected chi connectivity index (χ3v) is 3.17. The molecule has 0 bridgehead atoms. The van der Waals surface area contributed by atoms with E-state index in [1.165, 1.54) is 20.3 Å². The quantitative estimate of drug-likeness (QED) is 0.463. The van der Waals surface area contributed by atoms with E-state index in [1.54, 1.807) is 18.2 Å². The number of para-hydroxylation sites is 1. The molecule has 0 saturated carbocycles. The topological polar surface area (TPSA) is 86.6 Å². The summed E-state index contributed by atoms with van der Waals surface area (Å²) in [5.41, 5.74) is 0.451. The number of halogens is 3. The van der Waals surface area contributed by atoms with Crippen molar-refractivity contribution in [1.82, 2.24) is 15.0 Å². The number of hydrogen-bond donors (Lipinski definition) is 0. The third-order valence-electron chi connectivity index (χ3n) is 2.67. The molecule has 0 radical (unpaired) electrons. The van der Waals surface area contributed by atoms with Crippen LogP contribution in [0.1, 0.15) is 5.82 Å². The van der Waals surface area contributed by atoms with Gasteiger partial charge >= 0.3 is 0 Å². The molecular weight excluding hydrogens is 367 g/mol. The second kappa shape index (κ2) is 7.10. The fraction of sp³-hybridized carbons (Fsp3) is 0.231. The van der Waals surface area contributed by atoms with Gasteiger partial charge in [-0.15, -0.1) is 4.99 Å². The molecule has 0 atom stereocenters. The summed E-state index contributed by atoms with van der Waals surface area (Å²) in [6.45, 7) is 0. The maximum atomic E-state index is 10.5. The van der Waals surface area contributed by atoms with Gasteiger partial charge in [-0.1, -0.05) is 40.9 Å². The van der Waals surface area contributed by atoms with Crippen LogP contribution in [0.2, 0.25) is 0 Å². The predicted molar refractivity (Wildman–Crippen MR) is 85.4 cm³/mol. The van der Waals surface area contributed by atoms with Crippen molar-refractivity contribution in [3.63, 3.8) is 0 Å². The largest absolute Gasteiger partial charge is 0.493 e. The van der Waals surface area contributed by atoms with Gasteiger partial charge in [-0.25, -0.2) is 9.78 Å². The molecular formula is C13H9Cl3N4O3. The monoisotopic (exact) mass is 374 g/mol. The van der Waals surface area contributed by atoms with Gasteiger partial charge in [-0.2, -0.15) is 9.97 Å². The number of aliphatic imine (C=N–C) groups is 1. The smallest absolute Gasteiger partial charge is 0.264 e. The molecule has 0 spiro atoms. The van der Waals surface area contributed by atoms with E-state index in [0.29, 0.717) is 17.1 Å². The van der Waals surface area contributed by atoms with E-state index in [2.05, 4.69) is 19.9 Å². The van der Waals surface area contributed by atoms with Gasteiger partial charge in [-0.05, 0) is 12.1 Å². The maximum Gasteiger partial charge on any atom is 0.264 e. The van der Waals surface area contributed by atoms with E-state index in [4.69, 9.17) is 44.3 Å². The number of hydrogen-bond acceptors (Lipinski definition) is 7. The lowest BCUT2D eigenvalue weighted by atomic mass is 10.1. The Morgan fingerprint density at radius 1 is 1.13 bits per heavy atom. The van der Waals surface area contributed by atoms with Crippen LogP contribution in [0.5, 0.6) is 11.5 Å². The molecule has 1 aromatic carbocycles. The average Bonchev–Trinajstić information content (AvgIpc) is 2.53. The zero-order valence-corrected chi connectivity index (χ0v) is 14.1. The van der Waals surface area contributed by atoms with Crippen LogP contribution in [-0.4, -0.2) is 35.3 Å². The average molecular weight is 376 g/mol. The van der Waals surface area contributed by atoms with Crippen molar-refractivity contribution < 1.29 is 14.3 Å². The Balaban J connectivity index is 2.73. The van der Waals surface area contributed by atoms with E-state index in [-0.39, 0.29) is 17.6 Å². The highest BCUT2D eigenvalue weighted by Gasteiger charge is 2.29. The number of benzene rings is 1. The van der Waals surface area contributed by atoms with E-state index >= 15 is 0 Å². The Bertz CT molecular complexity index is 774. The first kappa shape index (κ1) is 17.4. The minimum atomic E-state index is -1.92. The molecule has 2 aromatic rings. The first-order valence-electron chi connectivity index (χ1n) is 6.03. The summed E-state index contributed by atoms with van der Waals surface area (Å²) in [6, 6.07) is 5.08. The number of aromatic nitrogens is 3. The van der Waals surface area contributed by atoms with Crippen LogP contribution in [0, 0.1) is 0 Å². The van der Waals surface area contributed by atoms with Gasteiger partial charge in [0.05, 0.1) is 19.8 Å². The summed E-state index contributed by atoms with van der Waals surface area (Å²) in [4.78, 5) is 25.7. The summed E-state index contributed by atoms with van der Waals surface area (Å²) in [5, 5.41) is 0. The van der Waals surface area contributed by atoms with Crippen LogP contribution in [0.4, 0.5) is 5.95 Å². The normalized spacial score (nSPS) is 10.8. The van der Waals surface area contributed by atoms with Crippen LogP contribution in [0.15, 0.2) is 23.2 Å². The van der Waals surface area contributed by atoms with Gasteiger partial charge in [0.15, 0.2) is 23.1 Å². The Kier molecular flexibility index (Phi) is 5.38. The highest BCUT2D eigenvalue weighted by molar-refractivity contribution is 6.66. The summed E-state index contributed by atoms with van der Waals surface area (Å²) < 4.78 is 8.61. The van der Waals surface area contributed by atoms with E-state index < -0.39 is 3.79 Å². The number of isocyanates is 1. The standard InChI is InChI=1S/C13H9Cl3N4O3/c1-22-8-5-3-4-7(9(8)23-2)10-18-11(13(14,15)16)20-12(19-10)17-6-21/h3-5H,1-2H3. The lowest BCUT2D eigenvalue weighted by Crippen LogP contribution is -2.09. The Labute approximate surface area is 146 Å². The van der Waals surface area contributed by atoms with Crippen LogP contribution in [-0.2, 0) is 8.59 Å². The third kappa shape index (κ3) is 3.89. The lowest BCUT2D eigenvalue weighted by Gasteiger charge is -2.14. The van der Waals surface area contributed by atoms with Crippen LogP contribution in [0.3, 0.4) is 0 Å². The summed E-state index contributed by atoms with van der Waals surface area (Å²) in [5.74, 6) is 0.507. The molecule has 0 amide bonds. The molecule has 0 unspecified atom stereocenters. The molecule has 0 N–H and O–H groups in total. The molecule has 1 aromatic heterocycles. The van der Waals surface area contributed by atoms with Crippen molar-refractivity contribution in [3.05, 3.63) is 24.0 Å². The molecule has 0 aliphatic carbocycles. The number of carbonyl (C=O) groups excluding carboxylic acids is 1. The first-order chi connectivity index (χ1) is 10.9. The van der Waals surface area contributed by atoms with Crippen LogP contribution >= 0.6 is 34.8 Å². The molecule has 10 heteroatoms. The van der Waals surface area contributed by atoms with Gasteiger partial charge in [0.2, 0.25) is 9.87 Å². The zero-order chi connectivity index (χ0) is 17.0. The second-order valence-corrected chi connectivity index (χ2v) is 6.31. The number of alkyl halides is 3. The van der Waals surface area contributed by atoms with Gasteiger partial charge in [-0.3, -0.25) is 0 Å². The Morgan fingerprint density at radius 3 is 2.43 bits per heavy atom. The van der Waals surface area contributed by atoms with Gasteiger partial charge in [0.1, 0.15) is 0 Å². The van der Waals surface area contributed by atoms with E-state index in [9.17, 15) is 4.79 Å². The van der Waals surface area contributed by atoms with Crippen molar-refractivity contribution in [2.45, 2.75) is 3.79 Å². The highest BCUT2D eigenvalue weighted by Crippen LogP contribution is 2.40. The summed E-state index contributed by atoms with van der Waals surface area (Å²) in [7, 11) is 2.95.